The van der Waals surface area contributed by atoms with Crippen LogP contribution in [-0.2, 0) is 17.9 Å². The molecule has 2 aromatic carbocycles. The lowest BCUT2D eigenvalue weighted by molar-refractivity contribution is 0.0126. The number of hydrogen-bond donors (Lipinski definition) is 1. The average molecular weight is 329 g/mol. The van der Waals surface area contributed by atoms with Crippen molar-refractivity contribution >= 4 is 0 Å². The summed E-state index contributed by atoms with van der Waals surface area (Å²) in [7, 11) is 3.66. The van der Waals surface area contributed by atoms with Gasteiger partial charge in [0.05, 0.1) is 26.4 Å². The normalized spacial score (nSPS) is 12.4. The van der Waals surface area contributed by atoms with Gasteiger partial charge in [-0.15, -0.1) is 0 Å². The van der Waals surface area contributed by atoms with Crippen molar-refractivity contribution in [2.75, 3.05) is 27.3 Å². The van der Waals surface area contributed by atoms with Gasteiger partial charge in [-0.2, -0.15) is 0 Å². The molecule has 0 aromatic heterocycles. The minimum Gasteiger partial charge on any atom is -0.497 e. The Hall–Kier alpha value is -1.88. The molecule has 2 aromatic rings. The topological polar surface area (TPSA) is 41.9 Å². The number of aliphatic hydroxyl groups excluding tert-OH is 1. The van der Waals surface area contributed by atoms with E-state index in [1.54, 1.807) is 7.11 Å². The molecule has 1 atom stereocenters. The molecule has 4 heteroatoms. The second kappa shape index (κ2) is 9.42. The minimum atomic E-state index is -0.510. The Morgan fingerprint density at radius 3 is 2.67 bits per heavy atom. The first kappa shape index (κ1) is 18.5. The zero-order chi connectivity index (χ0) is 17.4. The number of nitrogens with zero attached hydrogens (tertiary/aromatic N) is 1. The number of rotatable bonds is 9. The van der Waals surface area contributed by atoms with Crippen LogP contribution >= 0.6 is 0 Å². The molecule has 1 N–H and O–H groups in total. The van der Waals surface area contributed by atoms with E-state index in [1.165, 1.54) is 11.1 Å². The van der Waals surface area contributed by atoms with Gasteiger partial charge in [-0.3, -0.25) is 4.90 Å². The minimum absolute atomic E-state index is 0.315. The fourth-order valence-corrected chi connectivity index (χ4v) is 2.63. The monoisotopic (exact) mass is 329 g/mol. The molecule has 0 radical (unpaired) electrons. The highest BCUT2D eigenvalue weighted by atomic mass is 16.5. The molecule has 0 amide bonds. The smallest absolute Gasteiger partial charge is 0.119 e. The summed E-state index contributed by atoms with van der Waals surface area (Å²) in [6.07, 6.45) is -0.510. The van der Waals surface area contributed by atoms with Crippen molar-refractivity contribution in [3.8, 4) is 5.75 Å². The molecule has 0 bridgehead atoms. The number of aliphatic hydroxyl groups is 1. The van der Waals surface area contributed by atoms with Gasteiger partial charge < -0.3 is 14.6 Å². The van der Waals surface area contributed by atoms with Crippen LogP contribution in [0.15, 0.2) is 48.5 Å². The molecule has 0 saturated heterocycles. The van der Waals surface area contributed by atoms with Gasteiger partial charge in [0.15, 0.2) is 0 Å². The van der Waals surface area contributed by atoms with Crippen molar-refractivity contribution in [2.45, 2.75) is 26.2 Å². The molecule has 4 nitrogen and oxygen atoms in total. The van der Waals surface area contributed by atoms with Crippen molar-refractivity contribution in [3.05, 3.63) is 65.2 Å². The Bertz CT molecular complexity index is 630. The van der Waals surface area contributed by atoms with Crippen LogP contribution in [0, 0.1) is 6.92 Å². The zero-order valence-electron chi connectivity index (χ0n) is 14.7. The molecular formula is C20H27NO3. The second-order valence-electron chi connectivity index (χ2n) is 6.14. The van der Waals surface area contributed by atoms with E-state index in [-0.39, 0.29) is 0 Å². The Labute approximate surface area is 144 Å². The van der Waals surface area contributed by atoms with Gasteiger partial charge in [0.25, 0.3) is 0 Å². The molecule has 130 valence electrons. The first-order valence-electron chi connectivity index (χ1n) is 8.20. The van der Waals surface area contributed by atoms with E-state index in [0.29, 0.717) is 19.8 Å². The maximum absolute atomic E-state index is 10.2. The van der Waals surface area contributed by atoms with E-state index in [2.05, 4.69) is 24.0 Å². The van der Waals surface area contributed by atoms with E-state index in [9.17, 15) is 5.11 Å². The summed E-state index contributed by atoms with van der Waals surface area (Å²) in [4.78, 5) is 2.11. The van der Waals surface area contributed by atoms with Crippen molar-refractivity contribution in [1.82, 2.24) is 4.90 Å². The van der Waals surface area contributed by atoms with Gasteiger partial charge in [-0.05, 0) is 42.8 Å². The van der Waals surface area contributed by atoms with Gasteiger partial charge in [0, 0.05) is 13.1 Å². The first-order chi connectivity index (χ1) is 11.6. The van der Waals surface area contributed by atoms with Gasteiger partial charge >= 0.3 is 0 Å². The van der Waals surface area contributed by atoms with Crippen LogP contribution in [0.5, 0.6) is 5.75 Å². The Kier molecular flexibility index (Phi) is 7.25. The average Bonchev–Trinajstić information content (AvgIpc) is 2.57. The highest BCUT2D eigenvalue weighted by Crippen LogP contribution is 2.13. The Balaban J connectivity index is 1.72. The van der Waals surface area contributed by atoms with Crippen LogP contribution in [0.1, 0.15) is 16.7 Å². The molecule has 0 heterocycles. The molecule has 24 heavy (non-hydrogen) atoms. The predicted molar refractivity (Wildman–Crippen MR) is 96.2 cm³/mol. The fourth-order valence-electron chi connectivity index (χ4n) is 2.63. The highest BCUT2D eigenvalue weighted by Gasteiger charge is 2.10. The maximum Gasteiger partial charge on any atom is 0.119 e. The number of likely N-dealkylation sites (N-methyl/N-ethyl adjacent to an activating group) is 1. The first-order valence-corrected chi connectivity index (χ1v) is 8.20. The predicted octanol–water partition coefficient (Wildman–Crippen LogP) is 3.01. The zero-order valence-corrected chi connectivity index (χ0v) is 14.7. The van der Waals surface area contributed by atoms with Gasteiger partial charge in [-0.25, -0.2) is 0 Å². The molecule has 1 unspecified atom stereocenters. The lowest BCUT2D eigenvalue weighted by atomic mass is 10.1. The van der Waals surface area contributed by atoms with Crippen LogP contribution in [0.4, 0.5) is 0 Å². The summed E-state index contributed by atoms with van der Waals surface area (Å²) >= 11 is 0. The maximum atomic E-state index is 10.2. The van der Waals surface area contributed by atoms with Crippen LogP contribution in [-0.4, -0.2) is 43.4 Å². The fraction of sp³-hybridized carbons (Fsp3) is 0.400. The van der Waals surface area contributed by atoms with Crippen LogP contribution in [0.25, 0.3) is 0 Å². The molecule has 0 aliphatic rings. The van der Waals surface area contributed by atoms with Crippen molar-refractivity contribution in [1.29, 1.82) is 0 Å². The summed E-state index contributed by atoms with van der Waals surface area (Å²) in [6, 6.07) is 16.1. The Morgan fingerprint density at radius 2 is 1.92 bits per heavy atom. The van der Waals surface area contributed by atoms with Crippen molar-refractivity contribution in [2.24, 2.45) is 0 Å². The number of aryl methyl sites for hydroxylation is 1. The lowest BCUT2D eigenvalue weighted by Crippen LogP contribution is -2.32. The number of methoxy groups -OCH3 is 1. The van der Waals surface area contributed by atoms with Gasteiger partial charge in [0.2, 0.25) is 0 Å². The molecule has 0 saturated carbocycles. The van der Waals surface area contributed by atoms with Crippen molar-refractivity contribution < 1.29 is 14.6 Å². The molecular weight excluding hydrogens is 302 g/mol. The molecule has 2 rings (SSSR count). The van der Waals surface area contributed by atoms with Crippen LogP contribution < -0.4 is 4.74 Å². The number of ether oxygens (including phenoxy) is 2. The van der Waals surface area contributed by atoms with Crippen LogP contribution in [0.2, 0.25) is 0 Å². The third kappa shape index (κ3) is 5.96. The summed E-state index contributed by atoms with van der Waals surface area (Å²) in [5.41, 5.74) is 3.59. The van der Waals surface area contributed by atoms with Gasteiger partial charge in [0.1, 0.15) is 5.75 Å². The third-order valence-corrected chi connectivity index (χ3v) is 3.94. The molecule has 0 spiro atoms. The van der Waals surface area contributed by atoms with E-state index in [1.807, 2.05) is 43.4 Å². The summed E-state index contributed by atoms with van der Waals surface area (Å²) in [6.45, 7) is 4.29. The van der Waals surface area contributed by atoms with E-state index < -0.39 is 6.10 Å². The quantitative estimate of drug-likeness (QED) is 0.768. The Morgan fingerprint density at radius 1 is 1.12 bits per heavy atom. The van der Waals surface area contributed by atoms with Gasteiger partial charge in [-0.1, -0.05) is 36.4 Å². The van der Waals surface area contributed by atoms with E-state index in [0.717, 1.165) is 17.9 Å². The molecule has 0 aliphatic heterocycles. The summed E-state index contributed by atoms with van der Waals surface area (Å²) in [5, 5.41) is 10.2. The standard InChI is InChI=1S/C20H27NO3/c1-16-7-4-5-9-18(16)12-21(2)13-19(22)15-24-14-17-8-6-10-20(11-17)23-3/h4-11,19,22H,12-15H2,1-3H3. The number of benzene rings is 2. The summed E-state index contributed by atoms with van der Waals surface area (Å²) in [5.74, 6) is 0.814. The third-order valence-electron chi connectivity index (χ3n) is 3.94. The van der Waals surface area contributed by atoms with Crippen molar-refractivity contribution in [3.63, 3.8) is 0 Å². The second-order valence-corrected chi connectivity index (χ2v) is 6.14. The van der Waals surface area contributed by atoms with Crippen LogP contribution in [0.3, 0.4) is 0 Å². The summed E-state index contributed by atoms with van der Waals surface area (Å²) < 4.78 is 10.8. The SMILES string of the molecule is COc1cccc(COCC(O)CN(C)Cc2ccccc2C)c1. The highest BCUT2D eigenvalue weighted by molar-refractivity contribution is 5.28. The van der Waals surface area contributed by atoms with E-state index >= 15 is 0 Å². The largest absolute Gasteiger partial charge is 0.497 e. The lowest BCUT2D eigenvalue weighted by Gasteiger charge is -2.21. The molecule has 0 fully saturated rings. The molecule has 0 aliphatic carbocycles. The van der Waals surface area contributed by atoms with E-state index in [4.69, 9.17) is 9.47 Å². The number of hydrogen-bond acceptors (Lipinski definition) is 4.